The number of benzene rings is 1. The van der Waals surface area contributed by atoms with Crippen molar-refractivity contribution in [3.8, 4) is 0 Å². The third-order valence-electron chi connectivity index (χ3n) is 4.26. The number of carbonyl (C=O) groups is 1. The Morgan fingerprint density at radius 2 is 1.90 bits per heavy atom. The van der Waals surface area contributed by atoms with Crippen molar-refractivity contribution in [3.05, 3.63) is 34.9 Å². The number of hydrogen-bond donors (Lipinski definition) is 0. The molecule has 0 fully saturated rings. The van der Waals surface area contributed by atoms with Crippen LogP contribution in [0, 0.1) is 5.92 Å². The molecular formula is C16H21ClN2OS. The van der Waals surface area contributed by atoms with Crippen LogP contribution in [0.4, 0.5) is 0 Å². The van der Waals surface area contributed by atoms with Gasteiger partial charge in [-0.2, -0.15) is 4.99 Å². The van der Waals surface area contributed by atoms with Crippen LogP contribution in [0.2, 0.25) is 5.02 Å². The standard InChI is InChI=1S/C16H21ClN2OS/c1-10(2)16(4)14(20)18-15(21-16)19(5)11(3)12-8-6-7-9-13(12)17/h6-11H,1-5H3/t11-,16?/m0/s1. The van der Waals surface area contributed by atoms with Crippen molar-refractivity contribution >= 4 is 34.4 Å². The topological polar surface area (TPSA) is 32.7 Å². The van der Waals surface area contributed by atoms with Crippen LogP contribution in [0.25, 0.3) is 0 Å². The van der Waals surface area contributed by atoms with Gasteiger partial charge in [0, 0.05) is 12.1 Å². The maximum atomic E-state index is 12.2. The largest absolute Gasteiger partial charge is 0.347 e. The molecule has 114 valence electrons. The lowest BCUT2D eigenvalue weighted by Crippen LogP contribution is -2.34. The third kappa shape index (κ3) is 2.97. The molecular weight excluding hydrogens is 304 g/mol. The summed E-state index contributed by atoms with van der Waals surface area (Å²) in [6.45, 7) is 8.15. The molecule has 0 aliphatic carbocycles. The predicted octanol–water partition coefficient (Wildman–Crippen LogP) is 4.38. The molecule has 0 saturated carbocycles. The second-order valence-corrected chi connectivity index (χ2v) is 7.70. The fraction of sp³-hybridized carbons (Fsp3) is 0.500. The molecule has 0 spiro atoms. The lowest BCUT2D eigenvalue weighted by Gasteiger charge is -2.30. The van der Waals surface area contributed by atoms with Crippen molar-refractivity contribution in [2.24, 2.45) is 10.9 Å². The second-order valence-electron chi connectivity index (χ2n) is 5.87. The highest BCUT2D eigenvalue weighted by Gasteiger charge is 2.45. The minimum atomic E-state index is -0.468. The summed E-state index contributed by atoms with van der Waals surface area (Å²) in [5, 5.41) is 1.50. The molecule has 2 rings (SSSR count). The lowest BCUT2D eigenvalue weighted by molar-refractivity contribution is -0.120. The van der Waals surface area contributed by atoms with Crippen molar-refractivity contribution < 1.29 is 4.79 Å². The highest BCUT2D eigenvalue weighted by atomic mass is 35.5. The van der Waals surface area contributed by atoms with Gasteiger partial charge in [0.25, 0.3) is 5.91 Å². The van der Waals surface area contributed by atoms with Gasteiger partial charge in [-0.1, -0.05) is 55.4 Å². The summed E-state index contributed by atoms with van der Waals surface area (Å²) in [6.07, 6.45) is 0. The van der Waals surface area contributed by atoms with Crippen molar-refractivity contribution in [1.29, 1.82) is 0 Å². The van der Waals surface area contributed by atoms with Crippen LogP contribution in [-0.2, 0) is 4.79 Å². The van der Waals surface area contributed by atoms with Gasteiger partial charge in [0.1, 0.15) is 4.75 Å². The maximum Gasteiger partial charge on any atom is 0.264 e. The first-order chi connectivity index (χ1) is 9.77. The highest BCUT2D eigenvalue weighted by molar-refractivity contribution is 8.16. The zero-order valence-corrected chi connectivity index (χ0v) is 14.6. The molecule has 1 aliphatic rings. The van der Waals surface area contributed by atoms with E-state index in [2.05, 4.69) is 25.8 Å². The van der Waals surface area contributed by atoms with Crippen LogP contribution < -0.4 is 0 Å². The normalized spacial score (nSPS) is 23.4. The van der Waals surface area contributed by atoms with Gasteiger partial charge in [-0.15, -0.1) is 0 Å². The van der Waals surface area contributed by atoms with E-state index in [1.54, 1.807) is 11.8 Å². The van der Waals surface area contributed by atoms with Gasteiger partial charge >= 0.3 is 0 Å². The molecule has 2 atom stereocenters. The van der Waals surface area contributed by atoms with E-state index in [1.807, 2.05) is 43.1 Å². The molecule has 0 N–H and O–H groups in total. The van der Waals surface area contributed by atoms with E-state index in [0.717, 1.165) is 15.8 Å². The quantitative estimate of drug-likeness (QED) is 0.827. The van der Waals surface area contributed by atoms with Crippen LogP contribution in [0.15, 0.2) is 29.3 Å². The van der Waals surface area contributed by atoms with E-state index in [1.165, 1.54) is 0 Å². The Morgan fingerprint density at radius 3 is 2.43 bits per heavy atom. The van der Waals surface area contributed by atoms with E-state index in [0.29, 0.717) is 0 Å². The Bertz CT molecular complexity index is 587. The van der Waals surface area contributed by atoms with Crippen molar-refractivity contribution in [3.63, 3.8) is 0 Å². The van der Waals surface area contributed by atoms with E-state index in [4.69, 9.17) is 11.6 Å². The van der Waals surface area contributed by atoms with Crippen LogP contribution in [0.3, 0.4) is 0 Å². The Balaban J connectivity index is 2.22. The number of nitrogens with zero attached hydrogens (tertiary/aromatic N) is 2. The molecule has 1 aliphatic heterocycles. The molecule has 1 heterocycles. The number of halogens is 1. The minimum Gasteiger partial charge on any atom is -0.347 e. The number of carbonyl (C=O) groups excluding carboxylic acids is 1. The smallest absolute Gasteiger partial charge is 0.264 e. The summed E-state index contributed by atoms with van der Waals surface area (Å²) in [5.74, 6) is 0.191. The van der Waals surface area contributed by atoms with Gasteiger partial charge in [0.15, 0.2) is 5.17 Å². The summed E-state index contributed by atoms with van der Waals surface area (Å²) >= 11 is 7.81. The summed E-state index contributed by atoms with van der Waals surface area (Å²) < 4.78 is -0.468. The van der Waals surface area contributed by atoms with Gasteiger partial charge in [0.05, 0.1) is 6.04 Å². The van der Waals surface area contributed by atoms with Crippen LogP contribution in [0.1, 0.15) is 39.3 Å². The van der Waals surface area contributed by atoms with Crippen molar-refractivity contribution in [2.75, 3.05) is 7.05 Å². The zero-order valence-electron chi connectivity index (χ0n) is 13.1. The Hall–Kier alpha value is -1.00. The number of thioether (sulfide) groups is 1. The van der Waals surface area contributed by atoms with E-state index < -0.39 is 4.75 Å². The summed E-state index contributed by atoms with van der Waals surface area (Å²) in [4.78, 5) is 18.5. The SMILES string of the molecule is CC(C)C1(C)SC(N(C)[C@@H](C)c2ccccc2Cl)=NC1=O. The summed E-state index contributed by atoms with van der Waals surface area (Å²) in [5.41, 5.74) is 1.04. The molecule has 21 heavy (non-hydrogen) atoms. The maximum absolute atomic E-state index is 12.2. The number of aliphatic imine (C=N–C) groups is 1. The van der Waals surface area contributed by atoms with Crippen LogP contribution >= 0.6 is 23.4 Å². The molecule has 0 bridgehead atoms. The van der Waals surface area contributed by atoms with Crippen LogP contribution in [0.5, 0.6) is 0 Å². The summed E-state index contributed by atoms with van der Waals surface area (Å²) in [6, 6.07) is 7.84. The first-order valence-electron chi connectivity index (χ1n) is 7.06. The fourth-order valence-corrected chi connectivity index (χ4v) is 3.63. The Labute approximate surface area is 135 Å². The molecule has 1 aromatic carbocycles. The van der Waals surface area contributed by atoms with Crippen molar-refractivity contribution in [2.45, 2.75) is 38.5 Å². The second kappa shape index (κ2) is 6.01. The number of amides is 1. The molecule has 1 amide bonds. The first kappa shape index (κ1) is 16.4. The molecule has 0 radical (unpaired) electrons. The predicted molar refractivity (Wildman–Crippen MR) is 90.9 cm³/mol. The van der Waals surface area contributed by atoms with Gasteiger partial charge in [0.2, 0.25) is 0 Å². The van der Waals surface area contributed by atoms with Gasteiger partial charge in [-0.3, -0.25) is 4.79 Å². The average Bonchev–Trinajstić information content (AvgIpc) is 2.75. The van der Waals surface area contributed by atoms with Gasteiger partial charge in [-0.05, 0) is 31.4 Å². The molecule has 0 saturated heterocycles. The van der Waals surface area contributed by atoms with Gasteiger partial charge < -0.3 is 4.90 Å². The van der Waals surface area contributed by atoms with Crippen molar-refractivity contribution in [1.82, 2.24) is 4.90 Å². The average molecular weight is 325 g/mol. The minimum absolute atomic E-state index is 0.0456. The zero-order chi connectivity index (χ0) is 15.8. The van der Waals surface area contributed by atoms with E-state index in [-0.39, 0.29) is 17.9 Å². The first-order valence-corrected chi connectivity index (χ1v) is 8.26. The monoisotopic (exact) mass is 324 g/mol. The van der Waals surface area contributed by atoms with Gasteiger partial charge in [-0.25, -0.2) is 0 Å². The molecule has 1 aromatic rings. The Morgan fingerprint density at radius 1 is 1.29 bits per heavy atom. The third-order valence-corrected chi connectivity index (χ3v) is 6.24. The Kier molecular flexibility index (Phi) is 4.69. The van der Waals surface area contributed by atoms with E-state index >= 15 is 0 Å². The lowest BCUT2D eigenvalue weighted by atomic mass is 9.96. The molecule has 0 aromatic heterocycles. The van der Waals surface area contributed by atoms with Crippen LogP contribution in [-0.4, -0.2) is 27.8 Å². The highest BCUT2D eigenvalue weighted by Crippen LogP contribution is 2.42. The van der Waals surface area contributed by atoms with E-state index in [9.17, 15) is 4.79 Å². The number of hydrogen-bond acceptors (Lipinski definition) is 3. The fourth-order valence-electron chi connectivity index (χ4n) is 2.16. The molecule has 5 heteroatoms. The summed E-state index contributed by atoms with van der Waals surface area (Å²) in [7, 11) is 1.96. The number of rotatable bonds is 3. The molecule has 3 nitrogen and oxygen atoms in total. The number of amidine groups is 1. The molecule has 1 unspecified atom stereocenters.